The van der Waals surface area contributed by atoms with E-state index in [4.69, 9.17) is 14.2 Å². The van der Waals surface area contributed by atoms with Crippen molar-refractivity contribution in [3.8, 4) is 0 Å². The number of H-pyrrole nitrogens is 1. The minimum absolute atomic E-state index is 0.104. The average Bonchev–Trinajstić information content (AvgIpc) is 3.76. The van der Waals surface area contributed by atoms with Gasteiger partial charge < -0.3 is 24.8 Å². The highest BCUT2D eigenvalue weighted by atomic mass is 16.6. The minimum atomic E-state index is -0.407. The molecule has 12 heteroatoms. The number of pyridine rings is 2. The molecule has 1 unspecified atom stereocenters. The maximum Gasteiger partial charge on any atom is 0.407 e. The van der Waals surface area contributed by atoms with E-state index in [-0.39, 0.29) is 18.1 Å². The molecule has 5 heterocycles. The lowest BCUT2D eigenvalue weighted by molar-refractivity contribution is 0.0304. The second-order valence-corrected chi connectivity index (χ2v) is 10.0. The molecule has 1 amide bonds. The van der Waals surface area contributed by atoms with Crippen molar-refractivity contribution in [2.24, 2.45) is 7.05 Å². The molecule has 3 atom stereocenters. The van der Waals surface area contributed by atoms with Crippen LogP contribution in [0.4, 0.5) is 16.3 Å². The third-order valence-corrected chi connectivity index (χ3v) is 7.25. The van der Waals surface area contributed by atoms with E-state index in [1.54, 1.807) is 18.6 Å². The van der Waals surface area contributed by atoms with E-state index in [1.165, 1.54) is 0 Å². The quantitative estimate of drug-likeness (QED) is 0.294. The number of aromatic amines is 1. The SMILES string of the molecule is Cn1nc(COC2CCOC2)c2nccc(Nc3cc([C@H]4CC[C@@H](OC(=O)NCc5cccnc5)C4)[nH]n3)c21. The molecule has 1 aliphatic carbocycles. The van der Waals surface area contributed by atoms with Crippen molar-refractivity contribution in [2.45, 2.75) is 57.0 Å². The smallest absolute Gasteiger partial charge is 0.407 e. The first-order chi connectivity index (χ1) is 19.1. The Labute approximate surface area is 225 Å². The summed E-state index contributed by atoms with van der Waals surface area (Å²) in [4.78, 5) is 20.9. The van der Waals surface area contributed by atoms with E-state index in [0.29, 0.717) is 25.6 Å². The van der Waals surface area contributed by atoms with Crippen LogP contribution < -0.4 is 10.6 Å². The summed E-state index contributed by atoms with van der Waals surface area (Å²) in [6.45, 7) is 2.14. The number of amides is 1. The highest BCUT2D eigenvalue weighted by Crippen LogP contribution is 2.36. The van der Waals surface area contributed by atoms with Crippen molar-refractivity contribution in [3.05, 3.63) is 59.8 Å². The van der Waals surface area contributed by atoms with Gasteiger partial charge in [-0.05, 0) is 43.4 Å². The van der Waals surface area contributed by atoms with Gasteiger partial charge in [0.15, 0.2) is 5.82 Å². The first-order valence-corrected chi connectivity index (χ1v) is 13.3. The number of aromatic nitrogens is 6. The monoisotopic (exact) mass is 532 g/mol. The van der Waals surface area contributed by atoms with E-state index in [0.717, 1.165) is 66.0 Å². The number of alkyl carbamates (subject to hydrolysis) is 1. The van der Waals surface area contributed by atoms with E-state index >= 15 is 0 Å². The van der Waals surface area contributed by atoms with Crippen LogP contribution in [0, 0.1) is 0 Å². The summed E-state index contributed by atoms with van der Waals surface area (Å²) >= 11 is 0. The summed E-state index contributed by atoms with van der Waals surface area (Å²) in [6, 6.07) is 7.68. The lowest BCUT2D eigenvalue weighted by Crippen LogP contribution is -2.27. The van der Waals surface area contributed by atoms with E-state index in [1.807, 2.05) is 36.0 Å². The molecule has 0 aromatic carbocycles. The molecule has 204 valence electrons. The van der Waals surface area contributed by atoms with Gasteiger partial charge in [0.05, 0.1) is 25.0 Å². The van der Waals surface area contributed by atoms with Gasteiger partial charge in [0, 0.05) is 56.5 Å². The first kappa shape index (κ1) is 25.3. The third kappa shape index (κ3) is 5.86. The molecule has 6 rings (SSSR count). The predicted molar refractivity (Wildman–Crippen MR) is 142 cm³/mol. The number of nitrogens with one attached hydrogen (secondary N) is 3. The van der Waals surface area contributed by atoms with Gasteiger partial charge in [0.25, 0.3) is 0 Å². The van der Waals surface area contributed by atoms with Crippen LogP contribution >= 0.6 is 0 Å². The number of hydrogen-bond donors (Lipinski definition) is 3. The molecule has 39 heavy (non-hydrogen) atoms. The van der Waals surface area contributed by atoms with Gasteiger partial charge in [-0.25, -0.2) is 4.79 Å². The summed E-state index contributed by atoms with van der Waals surface area (Å²) < 4.78 is 18.8. The van der Waals surface area contributed by atoms with Gasteiger partial charge in [0.1, 0.15) is 22.8 Å². The van der Waals surface area contributed by atoms with Crippen LogP contribution in [-0.4, -0.2) is 61.5 Å². The van der Waals surface area contributed by atoms with E-state index < -0.39 is 6.09 Å². The molecule has 1 saturated carbocycles. The van der Waals surface area contributed by atoms with Gasteiger partial charge in [-0.2, -0.15) is 10.2 Å². The fourth-order valence-corrected chi connectivity index (χ4v) is 5.26. The topological polar surface area (TPSA) is 141 Å². The zero-order chi connectivity index (χ0) is 26.6. The summed E-state index contributed by atoms with van der Waals surface area (Å²) in [6.07, 6.45) is 8.13. The number of carbonyl (C=O) groups is 1. The molecule has 0 spiro atoms. The highest BCUT2D eigenvalue weighted by molar-refractivity contribution is 5.91. The number of rotatable bonds is 9. The van der Waals surface area contributed by atoms with Gasteiger partial charge in [-0.3, -0.25) is 19.7 Å². The Morgan fingerprint density at radius 2 is 2.18 bits per heavy atom. The second kappa shape index (κ2) is 11.4. The second-order valence-electron chi connectivity index (χ2n) is 10.0. The lowest BCUT2D eigenvalue weighted by atomic mass is 10.0. The van der Waals surface area contributed by atoms with Crippen LogP contribution in [-0.2, 0) is 34.4 Å². The Morgan fingerprint density at radius 3 is 3.03 bits per heavy atom. The largest absolute Gasteiger partial charge is 0.446 e. The Bertz CT molecular complexity index is 1420. The van der Waals surface area contributed by atoms with Gasteiger partial charge in [-0.1, -0.05) is 6.07 Å². The first-order valence-electron chi connectivity index (χ1n) is 13.3. The zero-order valence-electron chi connectivity index (χ0n) is 21.8. The summed E-state index contributed by atoms with van der Waals surface area (Å²) in [5.74, 6) is 0.944. The summed E-state index contributed by atoms with van der Waals surface area (Å²) in [5, 5.41) is 18.5. The van der Waals surface area contributed by atoms with Crippen LogP contribution in [0.3, 0.4) is 0 Å². The fraction of sp³-hybridized carbons (Fsp3) is 0.444. The molecule has 3 N–H and O–H groups in total. The normalized spacial score (nSPS) is 20.9. The number of anilines is 2. The molecule has 1 aliphatic heterocycles. The van der Waals surface area contributed by atoms with E-state index in [2.05, 4.69) is 35.9 Å². The maximum atomic E-state index is 12.3. The van der Waals surface area contributed by atoms with Gasteiger partial charge in [0.2, 0.25) is 0 Å². The van der Waals surface area contributed by atoms with Crippen molar-refractivity contribution in [3.63, 3.8) is 0 Å². The number of aryl methyl sites for hydroxylation is 1. The van der Waals surface area contributed by atoms with Crippen LogP contribution in [0.25, 0.3) is 11.0 Å². The van der Waals surface area contributed by atoms with Crippen molar-refractivity contribution in [2.75, 3.05) is 18.5 Å². The molecular formula is C27H32N8O4. The van der Waals surface area contributed by atoms with Crippen LogP contribution in [0.15, 0.2) is 42.9 Å². The number of ether oxygens (including phenoxy) is 3. The van der Waals surface area contributed by atoms with Crippen LogP contribution in [0.5, 0.6) is 0 Å². The molecule has 12 nitrogen and oxygen atoms in total. The molecule has 2 aliphatic rings. The van der Waals surface area contributed by atoms with Crippen molar-refractivity contribution in [1.29, 1.82) is 0 Å². The standard InChI is InChI=1S/C27H32N8O4/c1-35-26-21(6-9-29-25(26)23(34-35)16-38-20-7-10-37-15-20)31-24-12-22(32-33-24)18-4-5-19(11-18)39-27(36)30-14-17-3-2-8-28-13-17/h2-3,6,8-9,12-13,18-20H,4-5,7,10-11,14-16H2,1H3,(H,30,36)(H2,29,31,32,33)/t18-,19+,20?/m0/s1. The number of fused-ring (bicyclic) bond motifs is 1. The summed E-state index contributed by atoms with van der Waals surface area (Å²) in [5.41, 5.74) is 5.29. The van der Waals surface area contributed by atoms with Crippen molar-refractivity contribution < 1.29 is 19.0 Å². The molecule has 0 bridgehead atoms. The van der Waals surface area contributed by atoms with Crippen LogP contribution in [0.2, 0.25) is 0 Å². The Morgan fingerprint density at radius 1 is 1.23 bits per heavy atom. The highest BCUT2D eigenvalue weighted by Gasteiger charge is 2.30. The molecule has 4 aromatic heterocycles. The number of hydrogen-bond acceptors (Lipinski definition) is 9. The van der Waals surface area contributed by atoms with Gasteiger partial charge >= 0.3 is 6.09 Å². The van der Waals surface area contributed by atoms with Crippen molar-refractivity contribution in [1.82, 2.24) is 35.3 Å². The molecule has 0 radical (unpaired) electrons. The number of nitrogens with zero attached hydrogens (tertiary/aromatic N) is 5. The Balaban J connectivity index is 1.05. The Hall–Kier alpha value is -4.03. The third-order valence-electron chi connectivity index (χ3n) is 7.25. The molecule has 4 aromatic rings. The summed E-state index contributed by atoms with van der Waals surface area (Å²) in [7, 11) is 1.90. The lowest BCUT2D eigenvalue weighted by Gasteiger charge is -2.13. The number of carbonyl (C=O) groups excluding carboxylic acids is 1. The fourth-order valence-electron chi connectivity index (χ4n) is 5.26. The average molecular weight is 533 g/mol. The molecule has 1 saturated heterocycles. The minimum Gasteiger partial charge on any atom is -0.446 e. The molecular weight excluding hydrogens is 500 g/mol. The predicted octanol–water partition coefficient (Wildman–Crippen LogP) is 3.70. The van der Waals surface area contributed by atoms with Crippen molar-refractivity contribution >= 4 is 28.6 Å². The maximum absolute atomic E-state index is 12.3. The zero-order valence-corrected chi connectivity index (χ0v) is 21.8. The Kier molecular flexibility index (Phi) is 7.37. The molecule has 2 fully saturated rings. The van der Waals surface area contributed by atoms with Gasteiger partial charge in [-0.15, -0.1) is 0 Å². The van der Waals surface area contributed by atoms with Crippen LogP contribution in [0.1, 0.15) is 48.6 Å². The van der Waals surface area contributed by atoms with E-state index in [9.17, 15) is 4.79 Å².